The van der Waals surface area contributed by atoms with Gasteiger partial charge in [-0.1, -0.05) is 29.3 Å². The molecule has 0 amide bonds. The summed E-state index contributed by atoms with van der Waals surface area (Å²) in [5, 5.41) is 2.99. The Kier molecular flexibility index (Phi) is 2.44. The van der Waals surface area contributed by atoms with Gasteiger partial charge in [-0.25, -0.2) is 0 Å². The van der Waals surface area contributed by atoms with Crippen LogP contribution in [0.4, 0.5) is 0 Å². The van der Waals surface area contributed by atoms with Crippen LogP contribution in [0.2, 0.25) is 10.0 Å². The van der Waals surface area contributed by atoms with Crippen LogP contribution in [0.3, 0.4) is 0 Å². The third-order valence-corrected chi connectivity index (χ3v) is 2.57. The zero-order valence-corrected chi connectivity index (χ0v) is 8.64. The summed E-state index contributed by atoms with van der Waals surface area (Å²) in [6.45, 7) is 0. The maximum absolute atomic E-state index is 10.6. The number of halogens is 2. The summed E-state index contributed by atoms with van der Waals surface area (Å²) in [6.07, 6.45) is 0.770. The maximum Gasteiger partial charge on any atom is 0.150 e. The first-order valence-electron chi connectivity index (χ1n) is 4.05. The molecule has 3 heteroatoms. The molecule has 0 bridgehead atoms. The van der Waals surface area contributed by atoms with Crippen LogP contribution in [0.5, 0.6) is 0 Å². The fraction of sp³-hybridized carbons (Fsp3) is 0. The molecule has 0 fully saturated rings. The number of hydrogen-bond acceptors (Lipinski definition) is 1. The minimum atomic E-state index is 0.560. The number of hydrogen-bond donors (Lipinski definition) is 0. The first kappa shape index (κ1) is 9.50. The van der Waals surface area contributed by atoms with Crippen LogP contribution >= 0.6 is 23.2 Å². The van der Waals surface area contributed by atoms with E-state index in [0.29, 0.717) is 15.6 Å². The van der Waals surface area contributed by atoms with Crippen LogP contribution in [0.15, 0.2) is 30.3 Å². The molecule has 0 saturated heterocycles. The Morgan fingerprint density at radius 1 is 1.07 bits per heavy atom. The Morgan fingerprint density at radius 2 is 1.86 bits per heavy atom. The molecule has 0 unspecified atom stereocenters. The minimum Gasteiger partial charge on any atom is -0.298 e. The summed E-state index contributed by atoms with van der Waals surface area (Å²) in [5.41, 5.74) is 0.560. The van der Waals surface area contributed by atoms with Crippen molar-refractivity contribution in [1.29, 1.82) is 0 Å². The molecule has 0 spiro atoms. The molecule has 0 N–H and O–H groups in total. The topological polar surface area (TPSA) is 17.1 Å². The molecule has 70 valence electrons. The highest BCUT2D eigenvalue weighted by atomic mass is 35.5. The third-order valence-electron chi connectivity index (χ3n) is 2.02. The van der Waals surface area contributed by atoms with Gasteiger partial charge >= 0.3 is 0 Å². The fourth-order valence-corrected chi connectivity index (χ4v) is 1.86. The van der Waals surface area contributed by atoms with Crippen LogP contribution in [0, 0.1) is 0 Å². The molecule has 2 aromatic carbocycles. The second-order valence-electron chi connectivity index (χ2n) is 2.99. The molecule has 2 aromatic rings. The van der Waals surface area contributed by atoms with Crippen LogP contribution < -0.4 is 0 Å². The monoisotopic (exact) mass is 224 g/mol. The standard InChI is InChI=1S/C11H6Cl2O/c12-9-1-2-10-8(5-9)3-7(6-14)4-11(10)13/h1-6H. The molecule has 0 aromatic heterocycles. The number of carbonyl (C=O) groups excluding carboxylic acids is 1. The number of aldehydes is 1. The van der Waals surface area contributed by atoms with Crippen molar-refractivity contribution in [2.24, 2.45) is 0 Å². The average Bonchev–Trinajstić information content (AvgIpc) is 2.16. The summed E-state index contributed by atoms with van der Waals surface area (Å²) in [7, 11) is 0. The van der Waals surface area contributed by atoms with E-state index in [9.17, 15) is 4.79 Å². The number of benzene rings is 2. The van der Waals surface area contributed by atoms with E-state index in [1.54, 1.807) is 24.3 Å². The van der Waals surface area contributed by atoms with Crippen molar-refractivity contribution in [2.45, 2.75) is 0 Å². The predicted octanol–water partition coefficient (Wildman–Crippen LogP) is 3.96. The van der Waals surface area contributed by atoms with Gasteiger partial charge in [0, 0.05) is 21.0 Å². The lowest BCUT2D eigenvalue weighted by atomic mass is 10.1. The highest BCUT2D eigenvalue weighted by Crippen LogP contribution is 2.27. The van der Waals surface area contributed by atoms with Crippen molar-refractivity contribution in [3.63, 3.8) is 0 Å². The SMILES string of the molecule is O=Cc1cc(Cl)c2ccc(Cl)cc2c1. The minimum absolute atomic E-state index is 0.560. The third kappa shape index (κ3) is 1.61. The van der Waals surface area contributed by atoms with Crippen molar-refractivity contribution in [1.82, 2.24) is 0 Å². The second kappa shape index (κ2) is 3.60. The van der Waals surface area contributed by atoms with E-state index >= 15 is 0 Å². The van der Waals surface area contributed by atoms with Crippen molar-refractivity contribution in [3.8, 4) is 0 Å². The van der Waals surface area contributed by atoms with Gasteiger partial charge in [-0.2, -0.15) is 0 Å². The van der Waals surface area contributed by atoms with Gasteiger partial charge in [0.15, 0.2) is 0 Å². The van der Waals surface area contributed by atoms with Gasteiger partial charge in [-0.15, -0.1) is 0 Å². The molecule has 0 aliphatic rings. The van der Waals surface area contributed by atoms with Gasteiger partial charge in [-0.3, -0.25) is 4.79 Å². The lowest BCUT2D eigenvalue weighted by molar-refractivity contribution is 0.112. The second-order valence-corrected chi connectivity index (χ2v) is 3.83. The Hall–Kier alpha value is -1.05. The lowest BCUT2D eigenvalue weighted by Gasteiger charge is -2.02. The predicted molar refractivity (Wildman–Crippen MR) is 59.4 cm³/mol. The van der Waals surface area contributed by atoms with Gasteiger partial charge in [-0.05, 0) is 29.7 Å². The molecule has 0 aliphatic heterocycles. The maximum atomic E-state index is 10.6. The molecule has 14 heavy (non-hydrogen) atoms. The molecular formula is C11H6Cl2O. The summed E-state index contributed by atoms with van der Waals surface area (Å²) >= 11 is 11.8. The summed E-state index contributed by atoms with van der Waals surface area (Å²) in [6, 6.07) is 8.81. The van der Waals surface area contributed by atoms with E-state index in [2.05, 4.69) is 0 Å². The van der Waals surface area contributed by atoms with Crippen LogP contribution in [-0.4, -0.2) is 6.29 Å². The van der Waals surface area contributed by atoms with Gasteiger partial charge in [0.1, 0.15) is 6.29 Å². The Morgan fingerprint density at radius 3 is 2.57 bits per heavy atom. The van der Waals surface area contributed by atoms with Crippen molar-refractivity contribution in [3.05, 3.63) is 45.9 Å². The highest BCUT2D eigenvalue weighted by Gasteiger charge is 2.02. The largest absolute Gasteiger partial charge is 0.298 e. The average molecular weight is 225 g/mol. The summed E-state index contributed by atoms with van der Waals surface area (Å²) in [4.78, 5) is 10.6. The molecule has 2 rings (SSSR count). The van der Waals surface area contributed by atoms with E-state index < -0.39 is 0 Å². The molecule has 0 heterocycles. The van der Waals surface area contributed by atoms with E-state index in [1.165, 1.54) is 0 Å². The van der Waals surface area contributed by atoms with Crippen molar-refractivity contribution in [2.75, 3.05) is 0 Å². The smallest absolute Gasteiger partial charge is 0.150 e. The molecule has 0 saturated carbocycles. The first-order valence-corrected chi connectivity index (χ1v) is 4.80. The zero-order valence-electron chi connectivity index (χ0n) is 7.13. The van der Waals surface area contributed by atoms with Gasteiger partial charge < -0.3 is 0 Å². The summed E-state index contributed by atoms with van der Waals surface area (Å²) in [5.74, 6) is 0. The number of fused-ring (bicyclic) bond motifs is 1. The lowest BCUT2D eigenvalue weighted by Crippen LogP contribution is -1.82. The van der Waals surface area contributed by atoms with Gasteiger partial charge in [0.2, 0.25) is 0 Å². The molecule has 0 atom stereocenters. The molecule has 0 aliphatic carbocycles. The van der Waals surface area contributed by atoms with Crippen molar-refractivity contribution < 1.29 is 4.79 Å². The molecule has 0 radical (unpaired) electrons. The highest BCUT2D eigenvalue weighted by molar-refractivity contribution is 6.36. The number of rotatable bonds is 1. The summed E-state index contributed by atoms with van der Waals surface area (Å²) < 4.78 is 0. The van der Waals surface area contributed by atoms with Crippen molar-refractivity contribution >= 4 is 40.3 Å². The van der Waals surface area contributed by atoms with Crippen LogP contribution in [0.25, 0.3) is 10.8 Å². The fourth-order valence-electron chi connectivity index (χ4n) is 1.38. The van der Waals surface area contributed by atoms with Gasteiger partial charge in [0.25, 0.3) is 0 Å². The normalized spacial score (nSPS) is 10.4. The Bertz CT molecular complexity index is 506. The molecule has 1 nitrogen and oxygen atoms in total. The van der Waals surface area contributed by atoms with E-state index in [-0.39, 0.29) is 0 Å². The number of carbonyl (C=O) groups is 1. The molecular weight excluding hydrogens is 219 g/mol. The quantitative estimate of drug-likeness (QED) is 0.671. The van der Waals surface area contributed by atoms with E-state index in [1.807, 2.05) is 6.07 Å². The Labute approximate surface area is 91.2 Å². The van der Waals surface area contributed by atoms with Crippen LogP contribution in [0.1, 0.15) is 10.4 Å². The first-order chi connectivity index (χ1) is 6.70. The van der Waals surface area contributed by atoms with Gasteiger partial charge in [0.05, 0.1) is 0 Å². The Balaban J connectivity index is 2.83. The van der Waals surface area contributed by atoms with Crippen LogP contribution in [-0.2, 0) is 0 Å². The zero-order chi connectivity index (χ0) is 10.1. The van der Waals surface area contributed by atoms with E-state index in [4.69, 9.17) is 23.2 Å². The van der Waals surface area contributed by atoms with E-state index in [0.717, 1.165) is 17.1 Å².